The summed E-state index contributed by atoms with van der Waals surface area (Å²) in [4.78, 5) is 32.6. The summed E-state index contributed by atoms with van der Waals surface area (Å²) in [6, 6.07) is 10.5. The number of H-pyrrole nitrogens is 1. The van der Waals surface area contributed by atoms with Gasteiger partial charge in [-0.1, -0.05) is 30.3 Å². The molecule has 1 unspecified atom stereocenters. The number of hydrogen-bond donors (Lipinski definition) is 1. The van der Waals surface area contributed by atoms with Crippen molar-refractivity contribution in [3.63, 3.8) is 0 Å². The molecule has 1 aromatic carbocycles. The van der Waals surface area contributed by atoms with E-state index in [1.807, 2.05) is 30.0 Å². The highest BCUT2D eigenvalue weighted by atomic mass is 16.2. The summed E-state index contributed by atoms with van der Waals surface area (Å²) in [5.74, 6) is 1.80. The van der Waals surface area contributed by atoms with E-state index >= 15 is 0 Å². The Morgan fingerprint density at radius 3 is 2.81 bits per heavy atom. The first-order chi connectivity index (χ1) is 12.6. The van der Waals surface area contributed by atoms with Gasteiger partial charge in [0.2, 0.25) is 5.91 Å². The highest BCUT2D eigenvalue weighted by Gasteiger charge is 2.30. The molecule has 3 aromatic rings. The van der Waals surface area contributed by atoms with Crippen LogP contribution in [0.4, 0.5) is 5.82 Å². The molecule has 2 aromatic heterocycles. The zero-order valence-corrected chi connectivity index (χ0v) is 15.0. The first kappa shape index (κ1) is 16.5. The SMILES string of the molecule is CC(=O)N1CCN(c2ncnc3nc(C)[nH]c23)C(Cc2ccccc2)C1. The van der Waals surface area contributed by atoms with E-state index in [0.717, 1.165) is 30.1 Å². The van der Waals surface area contributed by atoms with Crippen molar-refractivity contribution in [3.8, 4) is 0 Å². The maximum Gasteiger partial charge on any atom is 0.219 e. The molecule has 0 radical (unpaired) electrons. The molecule has 1 fully saturated rings. The van der Waals surface area contributed by atoms with E-state index in [1.54, 1.807) is 13.3 Å². The van der Waals surface area contributed by atoms with Crippen molar-refractivity contribution in [1.29, 1.82) is 0 Å². The number of amides is 1. The van der Waals surface area contributed by atoms with E-state index in [0.29, 0.717) is 18.7 Å². The Morgan fingerprint density at radius 2 is 2.04 bits per heavy atom. The molecule has 0 bridgehead atoms. The zero-order valence-electron chi connectivity index (χ0n) is 15.0. The van der Waals surface area contributed by atoms with Crippen LogP contribution in [0.15, 0.2) is 36.7 Å². The monoisotopic (exact) mass is 350 g/mol. The summed E-state index contributed by atoms with van der Waals surface area (Å²) in [7, 11) is 0. The number of aromatic amines is 1. The molecular weight excluding hydrogens is 328 g/mol. The molecule has 1 amide bonds. The summed E-state index contributed by atoms with van der Waals surface area (Å²) in [5, 5.41) is 0. The molecule has 0 saturated carbocycles. The minimum atomic E-state index is 0.118. The fourth-order valence-corrected chi connectivity index (χ4v) is 3.63. The van der Waals surface area contributed by atoms with Gasteiger partial charge in [-0.25, -0.2) is 15.0 Å². The van der Waals surface area contributed by atoms with Crippen LogP contribution in [0.2, 0.25) is 0 Å². The number of carbonyl (C=O) groups excluding carboxylic acids is 1. The lowest BCUT2D eigenvalue weighted by Gasteiger charge is -2.42. The van der Waals surface area contributed by atoms with Crippen LogP contribution in [-0.2, 0) is 11.2 Å². The Morgan fingerprint density at radius 1 is 1.23 bits per heavy atom. The third-order valence-corrected chi connectivity index (χ3v) is 4.90. The summed E-state index contributed by atoms with van der Waals surface area (Å²) >= 11 is 0. The number of imidazole rings is 1. The number of aromatic nitrogens is 4. The summed E-state index contributed by atoms with van der Waals surface area (Å²) < 4.78 is 0. The fourth-order valence-electron chi connectivity index (χ4n) is 3.63. The van der Waals surface area contributed by atoms with Crippen molar-refractivity contribution in [1.82, 2.24) is 24.8 Å². The summed E-state index contributed by atoms with van der Waals surface area (Å²) in [6.07, 6.45) is 2.41. The van der Waals surface area contributed by atoms with Crippen molar-refractivity contribution >= 4 is 22.9 Å². The first-order valence-electron chi connectivity index (χ1n) is 8.85. The van der Waals surface area contributed by atoms with Gasteiger partial charge in [-0.2, -0.15) is 0 Å². The van der Waals surface area contributed by atoms with Crippen molar-refractivity contribution in [2.24, 2.45) is 0 Å². The standard InChI is InChI=1S/C19H22N6O/c1-13-22-17-18(23-13)20-12-21-19(17)25-9-8-24(14(2)26)11-16(25)10-15-6-4-3-5-7-15/h3-7,12,16H,8-11H2,1-2H3,(H,20,21,22,23). The van der Waals surface area contributed by atoms with Gasteiger partial charge in [-0.15, -0.1) is 0 Å². The number of carbonyl (C=O) groups is 1. The Bertz CT molecular complexity index is 922. The average Bonchev–Trinajstić information content (AvgIpc) is 3.03. The van der Waals surface area contributed by atoms with E-state index in [2.05, 4.69) is 37.0 Å². The molecule has 1 aliphatic rings. The van der Waals surface area contributed by atoms with E-state index in [9.17, 15) is 4.79 Å². The molecule has 7 heteroatoms. The van der Waals surface area contributed by atoms with Crippen LogP contribution in [0.1, 0.15) is 18.3 Å². The van der Waals surface area contributed by atoms with E-state index in [1.165, 1.54) is 5.56 Å². The van der Waals surface area contributed by atoms with Crippen LogP contribution in [0.25, 0.3) is 11.2 Å². The van der Waals surface area contributed by atoms with Crippen LogP contribution < -0.4 is 4.90 Å². The van der Waals surface area contributed by atoms with E-state index in [4.69, 9.17) is 0 Å². The first-order valence-corrected chi connectivity index (χ1v) is 8.85. The molecular formula is C19H22N6O. The highest BCUT2D eigenvalue weighted by molar-refractivity contribution is 5.83. The molecule has 4 rings (SSSR count). The topological polar surface area (TPSA) is 78.0 Å². The molecule has 134 valence electrons. The highest BCUT2D eigenvalue weighted by Crippen LogP contribution is 2.26. The van der Waals surface area contributed by atoms with Gasteiger partial charge in [0, 0.05) is 26.6 Å². The zero-order chi connectivity index (χ0) is 18.1. The third kappa shape index (κ3) is 3.12. The van der Waals surface area contributed by atoms with Crippen molar-refractivity contribution in [3.05, 3.63) is 48.0 Å². The van der Waals surface area contributed by atoms with Gasteiger partial charge in [-0.05, 0) is 18.9 Å². The maximum absolute atomic E-state index is 11.9. The Balaban J connectivity index is 1.70. The van der Waals surface area contributed by atoms with Crippen molar-refractivity contribution < 1.29 is 4.79 Å². The molecule has 1 saturated heterocycles. The number of fused-ring (bicyclic) bond motifs is 1. The number of nitrogens with zero attached hydrogens (tertiary/aromatic N) is 5. The van der Waals surface area contributed by atoms with Gasteiger partial charge in [0.1, 0.15) is 17.7 Å². The van der Waals surface area contributed by atoms with Crippen LogP contribution >= 0.6 is 0 Å². The largest absolute Gasteiger partial charge is 0.348 e. The Kier molecular flexibility index (Phi) is 4.28. The lowest BCUT2D eigenvalue weighted by molar-refractivity contribution is -0.129. The second-order valence-electron chi connectivity index (χ2n) is 6.72. The minimum absolute atomic E-state index is 0.118. The van der Waals surface area contributed by atoms with Crippen molar-refractivity contribution in [2.45, 2.75) is 26.3 Å². The second-order valence-corrected chi connectivity index (χ2v) is 6.72. The quantitative estimate of drug-likeness (QED) is 0.781. The summed E-state index contributed by atoms with van der Waals surface area (Å²) in [5.41, 5.74) is 2.79. The average molecular weight is 350 g/mol. The molecule has 1 N–H and O–H groups in total. The van der Waals surface area contributed by atoms with Gasteiger partial charge in [0.25, 0.3) is 0 Å². The fraction of sp³-hybridized carbons (Fsp3) is 0.368. The molecule has 0 spiro atoms. The number of aryl methyl sites for hydroxylation is 1. The molecule has 1 aliphatic heterocycles. The maximum atomic E-state index is 11.9. The van der Waals surface area contributed by atoms with Crippen LogP contribution in [0, 0.1) is 6.92 Å². The van der Waals surface area contributed by atoms with E-state index in [-0.39, 0.29) is 11.9 Å². The molecule has 26 heavy (non-hydrogen) atoms. The third-order valence-electron chi connectivity index (χ3n) is 4.90. The normalized spacial score (nSPS) is 17.7. The number of rotatable bonds is 3. The molecule has 0 aliphatic carbocycles. The van der Waals surface area contributed by atoms with Gasteiger partial charge in [-0.3, -0.25) is 4.79 Å². The molecule has 1 atom stereocenters. The Hall–Kier alpha value is -2.96. The van der Waals surface area contributed by atoms with Crippen LogP contribution in [0.5, 0.6) is 0 Å². The number of piperazine rings is 1. The number of anilines is 1. The van der Waals surface area contributed by atoms with Gasteiger partial charge in [0.05, 0.1) is 6.04 Å². The number of nitrogens with one attached hydrogen (secondary N) is 1. The number of hydrogen-bond acceptors (Lipinski definition) is 5. The van der Waals surface area contributed by atoms with Crippen LogP contribution in [0.3, 0.4) is 0 Å². The van der Waals surface area contributed by atoms with E-state index < -0.39 is 0 Å². The van der Waals surface area contributed by atoms with Crippen molar-refractivity contribution in [2.75, 3.05) is 24.5 Å². The lowest BCUT2D eigenvalue weighted by Crippen LogP contribution is -2.55. The van der Waals surface area contributed by atoms with Crippen LogP contribution in [-0.4, -0.2) is 56.4 Å². The predicted molar refractivity (Wildman–Crippen MR) is 100.0 cm³/mol. The predicted octanol–water partition coefficient (Wildman–Crippen LogP) is 1.94. The van der Waals surface area contributed by atoms with Gasteiger partial charge >= 0.3 is 0 Å². The molecule has 7 nitrogen and oxygen atoms in total. The molecule has 3 heterocycles. The summed E-state index contributed by atoms with van der Waals surface area (Å²) in [6.45, 7) is 5.67. The van der Waals surface area contributed by atoms with Gasteiger partial charge in [0.15, 0.2) is 11.5 Å². The van der Waals surface area contributed by atoms with Gasteiger partial charge < -0.3 is 14.8 Å². The number of benzene rings is 1. The smallest absolute Gasteiger partial charge is 0.219 e. The Labute approximate surface area is 152 Å². The lowest BCUT2D eigenvalue weighted by atomic mass is 10.0. The minimum Gasteiger partial charge on any atom is -0.348 e. The second kappa shape index (κ2) is 6.74.